The third-order valence-electron chi connectivity index (χ3n) is 7.67. The summed E-state index contributed by atoms with van der Waals surface area (Å²) < 4.78 is 3.65. The lowest BCUT2D eigenvalue weighted by Crippen LogP contribution is -1.95. The Balaban J connectivity index is 1.42. The molecular weight excluding hydrogens is 484 g/mol. The van der Waals surface area contributed by atoms with Crippen LogP contribution in [-0.4, -0.2) is 19.4 Å². The van der Waals surface area contributed by atoms with E-state index in [2.05, 4.69) is 83.3 Å². The Bertz CT molecular complexity index is 2350. The molecule has 9 aromatic rings. The molecule has 0 saturated carbocycles. The number of nitrogens with zero attached hydrogens (tertiary/aromatic N) is 4. The second-order valence-corrected chi connectivity index (χ2v) is 10.6. The molecule has 0 atom stereocenters. The van der Waals surface area contributed by atoms with E-state index in [1.165, 1.54) is 42.8 Å². The Morgan fingerprint density at radius 2 is 1.37 bits per heavy atom. The molecule has 0 N–H and O–H groups in total. The van der Waals surface area contributed by atoms with E-state index in [-0.39, 0.29) is 0 Å². The summed E-state index contributed by atoms with van der Waals surface area (Å²) in [6.45, 7) is 0. The van der Waals surface area contributed by atoms with Gasteiger partial charge in [0.25, 0.3) is 0 Å². The maximum absolute atomic E-state index is 5.13. The fourth-order valence-corrected chi connectivity index (χ4v) is 6.87. The quantitative estimate of drug-likeness (QED) is 0.237. The smallest absolute Gasteiger partial charge is 0.160 e. The average molecular weight is 503 g/mol. The molecule has 176 valence electrons. The van der Waals surface area contributed by atoms with E-state index in [4.69, 9.17) is 15.0 Å². The summed E-state index contributed by atoms with van der Waals surface area (Å²) in [5, 5.41) is 6.08. The van der Waals surface area contributed by atoms with Crippen LogP contribution >= 0.6 is 11.3 Å². The van der Waals surface area contributed by atoms with Gasteiger partial charge in [-0.1, -0.05) is 72.8 Å². The number of hydrogen-bond donors (Lipinski definition) is 0. The molecule has 4 aromatic heterocycles. The highest BCUT2D eigenvalue weighted by atomic mass is 32.1. The Kier molecular flexibility index (Phi) is 3.91. The summed E-state index contributed by atoms with van der Waals surface area (Å²) in [7, 11) is 0. The Morgan fingerprint density at radius 1 is 0.579 bits per heavy atom. The Labute approximate surface area is 220 Å². The van der Waals surface area contributed by atoms with Crippen LogP contribution < -0.4 is 0 Å². The van der Waals surface area contributed by atoms with Gasteiger partial charge < -0.3 is 4.40 Å². The molecule has 0 aliphatic rings. The summed E-state index contributed by atoms with van der Waals surface area (Å²) in [6.07, 6.45) is 0. The van der Waals surface area contributed by atoms with E-state index < -0.39 is 0 Å². The van der Waals surface area contributed by atoms with Crippen LogP contribution in [0.4, 0.5) is 0 Å². The van der Waals surface area contributed by atoms with Gasteiger partial charge in [-0.2, -0.15) is 0 Å². The predicted molar refractivity (Wildman–Crippen MR) is 158 cm³/mol. The van der Waals surface area contributed by atoms with E-state index in [0.29, 0.717) is 0 Å². The van der Waals surface area contributed by atoms with Gasteiger partial charge in [0.2, 0.25) is 0 Å². The Morgan fingerprint density at radius 3 is 2.29 bits per heavy atom. The van der Waals surface area contributed by atoms with Crippen molar-refractivity contribution >= 4 is 70.6 Å². The van der Waals surface area contributed by atoms with Crippen LogP contribution in [-0.2, 0) is 0 Å². The first kappa shape index (κ1) is 20.2. The molecule has 5 heteroatoms. The minimum absolute atomic E-state index is 0.740. The van der Waals surface area contributed by atoms with Crippen molar-refractivity contribution in [1.29, 1.82) is 0 Å². The van der Waals surface area contributed by atoms with Gasteiger partial charge in [-0.25, -0.2) is 15.0 Å². The zero-order valence-corrected chi connectivity index (χ0v) is 20.9. The maximum atomic E-state index is 5.13. The first-order valence-electron chi connectivity index (χ1n) is 12.6. The standard InChI is InChI=1S/C33H18N4S/c1-2-8-19(9-3-1)33-35-25-12-6-4-11-22(25)30(36-33)20-14-15-28-24(16-20)29-31-23(17-26-32(29)38-18-34-26)21-10-5-7-13-27(21)37(28)31/h1-18H. The number of para-hydroxylation sites is 2. The van der Waals surface area contributed by atoms with Crippen molar-refractivity contribution in [3.8, 4) is 22.6 Å². The number of benzene rings is 5. The molecule has 0 aliphatic carbocycles. The van der Waals surface area contributed by atoms with E-state index in [1.807, 2.05) is 29.8 Å². The molecule has 4 heterocycles. The summed E-state index contributed by atoms with van der Waals surface area (Å²) in [5.41, 5.74) is 10.7. The van der Waals surface area contributed by atoms with Gasteiger partial charge >= 0.3 is 0 Å². The van der Waals surface area contributed by atoms with Crippen molar-refractivity contribution in [1.82, 2.24) is 19.4 Å². The molecule has 0 saturated heterocycles. The highest BCUT2D eigenvalue weighted by Gasteiger charge is 2.21. The number of aromatic nitrogens is 4. The molecule has 0 amide bonds. The van der Waals surface area contributed by atoms with Crippen molar-refractivity contribution in [3.05, 3.63) is 109 Å². The predicted octanol–water partition coefficient (Wildman–Crippen LogP) is 8.72. The van der Waals surface area contributed by atoms with Gasteiger partial charge in [0.1, 0.15) is 0 Å². The van der Waals surface area contributed by atoms with Crippen molar-refractivity contribution < 1.29 is 0 Å². The third kappa shape index (κ3) is 2.61. The van der Waals surface area contributed by atoms with Gasteiger partial charge in [0, 0.05) is 38.1 Å². The normalized spacial score (nSPS) is 12.2. The molecule has 0 radical (unpaired) electrons. The topological polar surface area (TPSA) is 43.1 Å². The molecule has 9 rings (SSSR count). The first-order valence-corrected chi connectivity index (χ1v) is 13.5. The molecule has 4 nitrogen and oxygen atoms in total. The van der Waals surface area contributed by atoms with Crippen LogP contribution in [0.5, 0.6) is 0 Å². The van der Waals surface area contributed by atoms with Crippen LogP contribution in [0.2, 0.25) is 0 Å². The van der Waals surface area contributed by atoms with Gasteiger partial charge in [-0.15, -0.1) is 11.3 Å². The zero-order valence-electron chi connectivity index (χ0n) is 20.1. The molecule has 38 heavy (non-hydrogen) atoms. The van der Waals surface area contributed by atoms with Gasteiger partial charge in [-0.3, -0.25) is 0 Å². The average Bonchev–Trinajstić information content (AvgIpc) is 3.67. The van der Waals surface area contributed by atoms with Crippen molar-refractivity contribution in [2.45, 2.75) is 0 Å². The fourth-order valence-electron chi connectivity index (χ4n) is 6.04. The Hall–Kier alpha value is -4.87. The lowest BCUT2D eigenvalue weighted by molar-refractivity contribution is 1.23. The molecule has 0 unspecified atom stereocenters. The SMILES string of the molecule is c1ccc(-c2nc(-c3ccc4c(c3)c3c5scnc5cc5c6ccccc6n4c53)c3ccccc3n2)cc1. The molecule has 5 aromatic carbocycles. The number of hydrogen-bond acceptors (Lipinski definition) is 4. The summed E-state index contributed by atoms with van der Waals surface area (Å²) in [6, 6.07) is 36.2. The monoisotopic (exact) mass is 502 g/mol. The van der Waals surface area contributed by atoms with Crippen LogP contribution in [0, 0.1) is 0 Å². The highest BCUT2D eigenvalue weighted by Crippen LogP contribution is 2.44. The lowest BCUT2D eigenvalue weighted by Gasteiger charge is -2.10. The second kappa shape index (κ2) is 7.34. The number of fused-ring (bicyclic) bond motifs is 9. The van der Waals surface area contributed by atoms with Crippen LogP contribution in [0.15, 0.2) is 109 Å². The van der Waals surface area contributed by atoms with E-state index in [9.17, 15) is 0 Å². The number of rotatable bonds is 2. The maximum Gasteiger partial charge on any atom is 0.160 e. The molecule has 0 fully saturated rings. The van der Waals surface area contributed by atoms with Crippen molar-refractivity contribution in [3.63, 3.8) is 0 Å². The van der Waals surface area contributed by atoms with Crippen molar-refractivity contribution in [2.24, 2.45) is 0 Å². The van der Waals surface area contributed by atoms with Gasteiger partial charge in [0.15, 0.2) is 5.82 Å². The molecular formula is C33H18N4S. The summed E-state index contributed by atoms with van der Waals surface area (Å²) >= 11 is 1.71. The third-order valence-corrected chi connectivity index (χ3v) is 8.53. The van der Waals surface area contributed by atoms with Gasteiger partial charge in [-0.05, 0) is 30.3 Å². The highest BCUT2D eigenvalue weighted by molar-refractivity contribution is 7.18. The minimum atomic E-state index is 0.740. The first-order chi connectivity index (χ1) is 18.8. The van der Waals surface area contributed by atoms with E-state index in [0.717, 1.165) is 39.1 Å². The molecule has 0 bridgehead atoms. The van der Waals surface area contributed by atoms with Crippen molar-refractivity contribution in [2.75, 3.05) is 0 Å². The second-order valence-electron chi connectivity index (χ2n) is 9.71. The molecule has 0 spiro atoms. The minimum Gasteiger partial charge on any atom is -0.308 e. The number of thiazole rings is 1. The van der Waals surface area contributed by atoms with Gasteiger partial charge in [0.05, 0.1) is 43.5 Å². The zero-order chi connectivity index (χ0) is 24.8. The van der Waals surface area contributed by atoms with Crippen LogP contribution in [0.1, 0.15) is 0 Å². The summed E-state index contributed by atoms with van der Waals surface area (Å²) in [5.74, 6) is 0.740. The van der Waals surface area contributed by atoms with E-state index >= 15 is 0 Å². The molecule has 0 aliphatic heterocycles. The largest absolute Gasteiger partial charge is 0.308 e. The summed E-state index contributed by atoms with van der Waals surface area (Å²) in [4.78, 5) is 14.7. The lowest BCUT2D eigenvalue weighted by atomic mass is 10.0. The van der Waals surface area contributed by atoms with E-state index in [1.54, 1.807) is 11.3 Å². The van der Waals surface area contributed by atoms with Crippen LogP contribution in [0.25, 0.3) is 81.9 Å². The fraction of sp³-hybridized carbons (Fsp3) is 0. The van der Waals surface area contributed by atoms with Crippen LogP contribution in [0.3, 0.4) is 0 Å².